The Kier molecular flexibility index (Phi) is 2.96. The number of carboxylic acids is 1. The Hall–Kier alpha value is -1.75. The summed E-state index contributed by atoms with van der Waals surface area (Å²) in [6, 6.07) is 9.07. The zero-order valence-corrected chi connectivity index (χ0v) is 9.32. The molecular weight excluding hydrogens is 226 g/mol. The molecular formula is C11H9NO3S. The van der Waals surface area contributed by atoms with E-state index in [1.807, 2.05) is 30.5 Å². The van der Waals surface area contributed by atoms with Crippen LogP contribution in [0.5, 0.6) is 0 Å². The number of carbonyl (C=O) groups is 1. The summed E-state index contributed by atoms with van der Waals surface area (Å²) in [7, 11) is 0. The number of hydrogen-bond acceptors (Lipinski definition) is 4. The molecule has 1 N–H and O–H groups in total. The zero-order valence-electron chi connectivity index (χ0n) is 8.51. The van der Waals surface area contributed by atoms with Crippen LogP contribution >= 0.6 is 11.8 Å². The predicted octanol–water partition coefficient (Wildman–Crippen LogP) is 2.76. The van der Waals surface area contributed by atoms with Gasteiger partial charge in [0.25, 0.3) is 0 Å². The Morgan fingerprint density at radius 2 is 2.19 bits per heavy atom. The van der Waals surface area contributed by atoms with Gasteiger partial charge in [-0.15, -0.1) is 11.8 Å². The van der Waals surface area contributed by atoms with Crippen LogP contribution in [0.15, 0.2) is 39.8 Å². The molecule has 0 amide bonds. The highest BCUT2D eigenvalue weighted by Crippen LogP contribution is 2.29. The van der Waals surface area contributed by atoms with Crippen molar-refractivity contribution < 1.29 is 14.4 Å². The van der Waals surface area contributed by atoms with E-state index in [9.17, 15) is 4.79 Å². The quantitative estimate of drug-likeness (QED) is 0.829. The van der Waals surface area contributed by atoms with E-state index in [1.165, 1.54) is 6.07 Å². The van der Waals surface area contributed by atoms with Gasteiger partial charge in [-0.1, -0.05) is 23.4 Å². The molecule has 0 spiro atoms. The summed E-state index contributed by atoms with van der Waals surface area (Å²) < 4.78 is 4.72. The average Bonchev–Trinajstić information content (AvgIpc) is 2.78. The Morgan fingerprint density at radius 3 is 2.81 bits per heavy atom. The van der Waals surface area contributed by atoms with Crippen LogP contribution in [0, 0.1) is 0 Å². The van der Waals surface area contributed by atoms with Crippen molar-refractivity contribution in [1.29, 1.82) is 0 Å². The molecule has 16 heavy (non-hydrogen) atoms. The van der Waals surface area contributed by atoms with E-state index in [-0.39, 0.29) is 5.76 Å². The van der Waals surface area contributed by atoms with E-state index in [0.29, 0.717) is 5.69 Å². The normalized spacial score (nSPS) is 10.3. The largest absolute Gasteiger partial charge is 0.475 e. The number of nitrogens with zero attached hydrogens (tertiary/aromatic N) is 1. The number of aromatic nitrogens is 1. The van der Waals surface area contributed by atoms with E-state index < -0.39 is 5.97 Å². The van der Waals surface area contributed by atoms with Crippen LogP contribution in [-0.2, 0) is 0 Å². The minimum atomic E-state index is -1.11. The van der Waals surface area contributed by atoms with Crippen LogP contribution in [0.25, 0.3) is 11.3 Å². The van der Waals surface area contributed by atoms with Gasteiger partial charge in [-0.25, -0.2) is 4.79 Å². The second-order valence-corrected chi connectivity index (χ2v) is 3.93. The number of aromatic carboxylic acids is 1. The lowest BCUT2D eigenvalue weighted by atomic mass is 10.1. The van der Waals surface area contributed by atoms with Crippen LogP contribution in [0.3, 0.4) is 0 Å². The molecule has 1 heterocycles. The number of benzene rings is 1. The molecule has 1 aromatic carbocycles. The second-order valence-electron chi connectivity index (χ2n) is 3.08. The van der Waals surface area contributed by atoms with Gasteiger partial charge in [-0.3, -0.25) is 0 Å². The first-order valence-electron chi connectivity index (χ1n) is 4.56. The maximum absolute atomic E-state index is 10.7. The topological polar surface area (TPSA) is 63.3 Å². The molecule has 0 unspecified atom stereocenters. The van der Waals surface area contributed by atoms with Gasteiger partial charge in [-0.2, -0.15) is 0 Å². The van der Waals surface area contributed by atoms with Crippen molar-refractivity contribution in [3.05, 3.63) is 36.1 Å². The molecule has 5 heteroatoms. The Balaban J connectivity index is 2.46. The first kappa shape index (κ1) is 10.8. The standard InChI is InChI=1S/C11H9NO3S/c1-16-10-5-3-2-4-7(10)8-6-9(11(13)14)15-12-8/h2-6H,1H3,(H,13,14). The Bertz CT molecular complexity index is 521. The van der Waals surface area contributed by atoms with Crippen LogP contribution in [0.1, 0.15) is 10.6 Å². The summed E-state index contributed by atoms with van der Waals surface area (Å²) in [4.78, 5) is 11.7. The molecule has 0 aliphatic rings. The molecule has 2 rings (SSSR count). The highest BCUT2D eigenvalue weighted by atomic mass is 32.2. The lowest BCUT2D eigenvalue weighted by Gasteiger charge is -2.01. The van der Waals surface area contributed by atoms with E-state index in [1.54, 1.807) is 11.8 Å². The third kappa shape index (κ3) is 1.94. The van der Waals surface area contributed by atoms with Crippen molar-refractivity contribution in [2.24, 2.45) is 0 Å². The fourth-order valence-electron chi connectivity index (χ4n) is 1.36. The molecule has 0 saturated heterocycles. The van der Waals surface area contributed by atoms with Gasteiger partial charge in [0.1, 0.15) is 5.69 Å². The van der Waals surface area contributed by atoms with Crippen molar-refractivity contribution in [2.75, 3.05) is 6.26 Å². The summed E-state index contributed by atoms with van der Waals surface area (Å²) in [5.74, 6) is -1.26. The maximum Gasteiger partial charge on any atom is 0.374 e. The third-order valence-electron chi connectivity index (χ3n) is 2.10. The Labute approximate surface area is 96.3 Å². The summed E-state index contributed by atoms with van der Waals surface area (Å²) in [5.41, 5.74) is 1.42. The summed E-state index contributed by atoms with van der Waals surface area (Å²) in [5, 5.41) is 12.5. The van der Waals surface area contributed by atoms with Gasteiger partial charge >= 0.3 is 5.97 Å². The second kappa shape index (κ2) is 4.40. The molecule has 0 atom stereocenters. The van der Waals surface area contributed by atoms with Crippen molar-refractivity contribution in [1.82, 2.24) is 5.16 Å². The highest BCUT2D eigenvalue weighted by molar-refractivity contribution is 7.98. The fourth-order valence-corrected chi connectivity index (χ4v) is 1.97. The molecule has 0 saturated carbocycles. The van der Waals surface area contributed by atoms with E-state index in [2.05, 4.69) is 5.16 Å². The minimum absolute atomic E-state index is 0.147. The number of hydrogen-bond donors (Lipinski definition) is 1. The minimum Gasteiger partial charge on any atom is -0.475 e. The van der Waals surface area contributed by atoms with E-state index >= 15 is 0 Å². The van der Waals surface area contributed by atoms with E-state index in [4.69, 9.17) is 9.63 Å². The average molecular weight is 235 g/mol. The number of rotatable bonds is 3. The highest BCUT2D eigenvalue weighted by Gasteiger charge is 2.13. The van der Waals surface area contributed by atoms with Crippen LogP contribution < -0.4 is 0 Å². The lowest BCUT2D eigenvalue weighted by Crippen LogP contribution is -1.91. The molecule has 1 aromatic heterocycles. The van der Waals surface area contributed by atoms with Crippen molar-refractivity contribution in [3.63, 3.8) is 0 Å². The summed E-state index contributed by atoms with van der Waals surface area (Å²) in [6.45, 7) is 0. The molecule has 0 bridgehead atoms. The fraction of sp³-hybridized carbons (Fsp3) is 0.0909. The van der Waals surface area contributed by atoms with Crippen LogP contribution in [0.4, 0.5) is 0 Å². The van der Waals surface area contributed by atoms with Crippen molar-refractivity contribution >= 4 is 17.7 Å². The summed E-state index contributed by atoms with van der Waals surface area (Å²) >= 11 is 1.58. The lowest BCUT2D eigenvalue weighted by molar-refractivity contribution is 0.0652. The van der Waals surface area contributed by atoms with Gasteiger partial charge in [-0.05, 0) is 12.3 Å². The van der Waals surface area contributed by atoms with Gasteiger partial charge in [0.05, 0.1) is 0 Å². The van der Waals surface area contributed by atoms with Gasteiger partial charge in [0.15, 0.2) is 0 Å². The molecule has 0 fully saturated rings. The molecule has 2 aromatic rings. The molecule has 0 radical (unpaired) electrons. The third-order valence-corrected chi connectivity index (χ3v) is 2.90. The van der Waals surface area contributed by atoms with Crippen LogP contribution in [0.2, 0.25) is 0 Å². The SMILES string of the molecule is CSc1ccccc1-c1cc(C(=O)O)on1. The van der Waals surface area contributed by atoms with Crippen molar-refractivity contribution in [3.8, 4) is 11.3 Å². The maximum atomic E-state index is 10.7. The molecule has 82 valence electrons. The first-order chi connectivity index (χ1) is 7.72. The van der Waals surface area contributed by atoms with Gasteiger partial charge < -0.3 is 9.63 Å². The number of thioether (sulfide) groups is 1. The zero-order chi connectivity index (χ0) is 11.5. The van der Waals surface area contributed by atoms with Crippen molar-refractivity contribution in [2.45, 2.75) is 4.90 Å². The molecule has 0 aliphatic heterocycles. The predicted molar refractivity (Wildman–Crippen MR) is 60.7 cm³/mol. The summed E-state index contributed by atoms with van der Waals surface area (Å²) in [6.07, 6.45) is 1.96. The Morgan fingerprint density at radius 1 is 1.44 bits per heavy atom. The molecule has 4 nitrogen and oxygen atoms in total. The van der Waals surface area contributed by atoms with Gasteiger partial charge in [0, 0.05) is 16.5 Å². The monoisotopic (exact) mass is 235 g/mol. The van der Waals surface area contributed by atoms with E-state index in [0.717, 1.165) is 10.5 Å². The molecule has 0 aliphatic carbocycles. The smallest absolute Gasteiger partial charge is 0.374 e. The van der Waals surface area contributed by atoms with Gasteiger partial charge in [0.2, 0.25) is 5.76 Å². The first-order valence-corrected chi connectivity index (χ1v) is 5.78. The van der Waals surface area contributed by atoms with Crippen LogP contribution in [-0.4, -0.2) is 22.5 Å². The number of carboxylic acid groups (broad SMARTS) is 1.